The lowest BCUT2D eigenvalue weighted by Crippen LogP contribution is -2.05. The molecule has 0 radical (unpaired) electrons. The molecule has 0 N–H and O–H groups in total. The molecule has 0 aliphatic carbocycles. The predicted octanol–water partition coefficient (Wildman–Crippen LogP) is 2.99. The van der Waals surface area contributed by atoms with E-state index in [1.807, 2.05) is 0 Å². The summed E-state index contributed by atoms with van der Waals surface area (Å²) in [7, 11) is 0. The van der Waals surface area contributed by atoms with Crippen LogP contribution < -0.4 is 0 Å². The fourth-order valence-corrected chi connectivity index (χ4v) is 2.03. The number of nitriles is 1. The molecule has 1 heterocycles. The van der Waals surface area contributed by atoms with Crippen LogP contribution in [-0.4, -0.2) is 9.55 Å². The number of hydrogen-bond acceptors (Lipinski definition) is 2. The van der Waals surface area contributed by atoms with Gasteiger partial charge in [-0.2, -0.15) is 5.26 Å². The SMILES string of the molecule is Cc1ccc2c(c1)nc(CC#N)n2C(C)C. The van der Waals surface area contributed by atoms with Crippen LogP contribution in [0.3, 0.4) is 0 Å². The third kappa shape index (κ3) is 1.67. The van der Waals surface area contributed by atoms with Crippen molar-refractivity contribution in [1.82, 2.24) is 9.55 Å². The lowest BCUT2D eigenvalue weighted by atomic mass is 10.2. The number of aromatic nitrogens is 2. The van der Waals surface area contributed by atoms with Crippen molar-refractivity contribution in [2.45, 2.75) is 33.2 Å². The molecular formula is C13H15N3. The molecular weight excluding hydrogens is 198 g/mol. The van der Waals surface area contributed by atoms with Crippen LogP contribution in [0.2, 0.25) is 0 Å². The molecule has 0 aliphatic heterocycles. The maximum Gasteiger partial charge on any atom is 0.124 e. The highest BCUT2D eigenvalue weighted by Crippen LogP contribution is 2.22. The topological polar surface area (TPSA) is 41.6 Å². The van der Waals surface area contributed by atoms with E-state index in [4.69, 9.17) is 5.26 Å². The summed E-state index contributed by atoms with van der Waals surface area (Å²) in [5.74, 6) is 0.859. The molecule has 0 saturated carbocycles. The average Bonchev–Trinajstić information content (AvgIpc) is 2.55. The average molecular weight is 213 g/mol. The van der Waals surface area contributed by atoms with Gasteiger partial charge in [-0.05, 0) is 38.5 Å². The summed E-state index contributed by atoms with van der Waals surface area (Å²) in [4.78, 5) is 4.52. The van der Waals surface area contributed by atoms with Crippen LogP contribution in [0, 0.1) is 18.3 Å². The van der Waals surface area contributed by atoms with Crippen molar-refractivity contribution >= 4 is 11.0 Å². The number of imidazole rings is 1. The van der Waals surface area contributed by atoms with Gasteiger partial charge in [0, 0.05) is 6.04 Å². The van der Waals surface area contributed by atoms with Crippen LogP contribution in [0.1, 0.15) is 31.3 Å². The first-order valence-corrected chi connectivity index (χ1v) is 5.48. The third-order valence-corrected chi connectivity index (χ3v) is 2.67. The Morgan fingerprint density at radius 3 is 2.81 bits per heavy atom. The van der Waals surface area contributed by atoms with Crippen molar-refractivity contribution in [3.63, 3.8) is 0 Å². The minimum atomic E-state index is 0.330. The van der Waals surface area contributed by atoms with Crippen LogP contribution in [-0.2, 0) is 6.42 Å². The summed E-state index contributed by atoms with van der Waals surface area (Å²) < 4.78 is 2.14. The van der Waals surface area contributed by atoms with E-state index in [1.165, 1.54) is 5.56 Å². The van der Waals surface area contributed by atoms with Gasteiger partial charge in [0.05, 0.1) is 23.5 Å². The van der Waals surface area contributed by atoms with Gasteiger partial charge in [0.15, 0.2) is 0 Å². The maximum absolute atomic E-state index is 8.80. The minimum Gasteiger partial charge on any atom is -0.325 e. The van der Waals surface area contributed by atoms with Crippen molar-refractivity contribution in [3.8, 4) is 6.07 Å². The van der Waals surface area contributed by atoms with Gasteiger partial charge in [0.25, 0.3) is 0 Å². The number of hydrogen-bond donors (Lipinski definition) is 0. The molecule has 0 atom stereocenters. The maximum atomic E-state index is 8.80. The summed E-state index contributed by atoms with van der Waals surface area (Å²) in [5, 5.41) is 8.80. The van der Waals surface area contributed by atoms with Crippen molar-refractivity contribution in [3.05, 3.63) is 29.6 Å². The van der Waals surface area contributed by atoms with E-state index >= 15 is 0 Å². The molecule has 2 rings (SSSR count). The van der Waals surface area contributed by atoms with Crippen molar-refractivity contribution in [2.75, 3.05) is 0 Å². The second-order valence-corrected chi connectivity index (χ2v) is 4.32. The van der Waals surface area contributed by atoms with E-state index in [0.717, 1.165) is 16.9 Å². The van der Waals surface area contributed by atoms with Gasteiger partial charge in [-0.15, -0.1) is 0 Å². The third-order valence-electron chi connectivity index (χ3n) is 2.67. The zero-order valence-corrected chi connectivity index (χ0v) is 9.86. The van der Waals surface area contributed by atoms with Crippen LogP contribution in [0.4, 0.5) is 0 Å². The lowest BCUT2D eigenvalue weighted by Gasteiger charge is -2.11. The van der Waals surface area contributed by atoms with Gasteiger partial charge in [0.2, 0.25) is 0 Å². The molecule has 1 aromatic heterocycles. The Morgan fingerprint density at radius 2 is 2.19 bits per heavy atom. The highest BCUT2D eigenvalue weighted by atomic mass is 15.1. The Labute approximate surface area is 95.3 Å². The van der Waals surface area contributed by atoms with E-state index in [0.29, 0.717) is 12.5 Å². The van der Waals surface area contributed by atoms with Gasteiger partial charge in [-0.25, -0.2) is 4.98 Å². The Hall–Kier alpha value is -1.82. The summed E-state index contributed by atoms with van der Waals surface area (Å²) in [5.41, 5.74) is 3.30. The highest BCUT2D eigenvalue weighted by molar-refractivity contribution is 5.77. The minimum absolute atomic E-state index is 0.330. The molecule has 0 unspecified atom stereocenters. The first-order chi connectivity index (χ1) is 7.63. The van der Waals surface area contributed by atoms with Crippen LogP contribution in [0.15, 0.2) is 18.2 Å². The molecule has 3 heteroatoms. The lowest BCUT2D eigenvalue weighted by molar-refractivity contribution is 0.594. The molecule has 3 nitrogen and oxygen atoms in total. The van der Waals surface area contributed by atoms with Gasteiger partial charge in [-0.3, -0.25) is 0 Å². The summed E-state index contributed by atoms with van der Waals surface area (Å²) in [6.07, 6.45) is 0.367. The Bertz CT molecular complexity index is 558. The van der Waals surface area contributed by atoms with E-state index in [2.05, 4.69) is 54.6 Å². The molecule has 0 bridgehead atoms. The Balaban J connectivity index is 2.71. The summed E-state index contributed by atoms with van der Waals surface area (Å²) in [6.45, 7) is 6.28. The number of nitrogens with zero attached hydrogens (tertiary/aromatic N) is 3. The molecule has 16 heavy (non-hydrogen) atoms. The zero-order chi connectivity index (χ0) is 11.7. The van der Waals surface area contributed by atoms with E-state index < -0.39 is 0 Å². The zero-order valence-electron chi connectivity index (χ0n) is 9.86. The van der Waals surface area contributed by atoms with Crippen molar-refractivity contribution in [2.24, 2.45) is 0 Å². The van der Waals surface area contributed by atoms with E-state index in [9.17, 15) is 0 Å². The molecule has 2 aromatic rings. The predicted molar refractivity (Wildman–Crippen MR) is 64.2 cm³/mol. The van der Waals surface area contributed by atoms with Gasteiger partial charge in [0.1, 0.15) is 5.82 Å². The van der Waals surface area contributed by atoms with Gasteiger partial charge >= 0.3 is 0 Å². The molecule has 0 saturated heterocycles. The number of aryl methyl sites for hydroxylation is 1. The molecule has 0 fully saturated rings. The second-order valence-electron chi connectivity index (χ2n) is 4.32. The largest absolute Gasteiger partial charge is 0.325 e. The van der Waals surface area contributed by atoms with Crippen LogP contribution in [0.25, 0.3) is 11.0 Å². The quantitative estimate of drug-likeness (QED) is 0.769. The van der Waals surface area contributed by atoms with Crippen LogP contribution in [0.5, 0.6) is 0 Å². The fraction of sp³-hybridized carbons (Fsp3) is 0.385. The molecule has 0 amide bonds. The van der Waals surface area contributed by atoms with Gasteiger partial charge in [-0.1, -0.05) is 6.07 Å². The molecule has 0 aliphatic rings. The van der Waals surface area contributed by atoms with Gasteiger partial charge < -0.3 is 4.57 Å². The first-order valence-electron chi connectivity index (χ1n) is 5.48. The van der Waals surface area contributed by atoms with E-state index in [-0.39, 0.29) is 0 Å². The molecule has 0 spiro atoms. The fourth-order valence-electron chi connectivity index (χ4n) is 2.03. The number of fused-ring (bicyclic) bond motifs is 1. The van der Waals surface area contributed by atoms with Crippen LogP contribution >= 0.6 is 0 Å². The first kappa shape index (κ1) is 10.7. The second kappa shape index (κ2) is 3.97. The summed E-state index contributed by atoms with van der Waals surface area (Å²) >= 11 is 0. The highest BCUT2D eigenvalue weighted by Gasteiger charge is 2.12. The Kier molecular flexibility index (Phi) is 2.66. The normalized spacial score (nSPS) is 10.9. The molecule has 1 aromatic carbocycles. The van der Waals surface area contributed by atoms with Crippen molar-refractivity contribution < 1.29 is 0 Å². The Morgan fingerprint density at radius 1 is 1.44 bits per heavy atom. The monoisotopic (exact) mass is 213 g/mol. The van der Waals surface area contributed by atoms with Crippen molar-refractivity contribution in [1.29, 1.82) is 5.26 Å². The summed E-state index contributed by atoms with van der Waals surface area (Å²) in [6, 6.07) is 8.73. The molecule has 82 valence electrons. The smallest absolute Gasteiger partial charge is 0.124 e. The number of benzene rings is 1. The standard InChI is InChI=1S/C13H15N3/c1-9(2)16-12-5-4-10(3)8-11(12)15-13(16)6-7-14/h4-5,8-9H,6H2,1-3H3. The number of rotatable bonds is 2. The van der Waals surface area contributed by atoms with E-state index in [1.54, 1.807) is 0 Å².